The second-order valence-corrected chi connectivity index (χ2v) is 5.99. The van der Waals surface area contributed by atoms with Crippen LogP contribution in [-0.2, 0) is 0 Å². The molecule has 0 unspecified atom stereocenters. The first-order valence-electron chi connectivity index (χ1n) is 5.73. The van der Waals surface area contributed by atoms with E-state index in [1.54, 1.807) is 0 Å². The fourth-order valence-electron chi connectivity index (χ4n) is 2.52. The largest absolute Gasteiger partial charge is 0.388 e. The van der Waals surface area contributed by atoms with Crippen LogP contribution in [0.4, 0.5) is 5.82 Å². The van der Waals surface area contributed by atoms with Gasteiger partial charge in [-0.3, -0.25) is 0 Å². The van der Waals surface area contributed by atoms with E-state index in [-0.39, 0.29) is 6.04 Å². The van der Waals surface area contributed by atoms with E-state index in [2.05, 4.69) is 37.1 Å². The second-order valence-electron chi connectivity index (χ2n) is 4.83. The van der Waals surface area contributed by atoms with E-state index in [9.17, 15) is 5.11 Å². The lowest BCUT2D eigenvalue weighted by molar-refractivity contribution is -0.0579. The lowest BCUT2D eigenvalue weighted by atomic mass is 9.75. The molecule has 1 aliphatic carbocycles. The molecule has 0 aromatic carbocycles. The molecular formula is C11H14IN5O. The number of halogens is 1. The molecule has 2 aromatic heterocycles. The number of fused-ring (bicyclic) bond motifs is 1. The lowest BCUT2D eigenvalue weighted by Crippen LogP contribution is -2.50. The van der Waals surface area contributed by atoms with E-state index < -0.39 is 5.60 Å². The third-order valence-corrected chi connectivity index (χ3v) is 4.41. The molecule has 18 heavy (non-hydrogen) atoms. The highest BCUT2D eigenvalue weighted by Crippen LogP contribution is 2.43. The van der Waals surface area contributed by atoms with Crippen molar-refractivity contribution in [3.05, 3.63) is 16.1 Å². The van der Waals surface area contributed by atoms with Gasteiger partial charge in [0.1, 0.15) is 17.8 Å². The van der Waals surface area contributed by atoms with Crippen LogP contribution in [0.15, 0.2) is 12.5 Å². The Labute approximate surface area is 118 Å². The van der Waals surface area contributed by atoms with Gasteiger partial charge in [0.25, 0.3) is 0 Å². The van der Waals surface area contributed by atoms with E-state index in [0.717, 1.165) is 14.6 Å². The summed E-state index contributed by atoms with van der Waals surface area (Å²) >= 11 is 2.23. The minimum Gasteiger partial charge on any atom is -0.388 e. The molecule has 0 aliphatic heterocycles. The maximum Gasteiger partial charge on any atom is 0.146 e. The number of aromatic nitrogens is 3. The molecular weight excluding hydrogens is 345 g/mol. The summed E-state index contributed by atoms with van der Waals surface area (Å²) in [6, 6.07) is 0.235. The van der Waals surface area contributed by atoms with Gasteiger partial charge in [0.15, 0.2) is 0 Å². The van der Waals surface area contributed by atoms with Crippen molar-refractivity contribution in [2.45, 2.75) is 24.5 Å². The molecule has 2 heterocycles. The standard InChI is InChI=1S/C11H14IN5O/c12-7-3-17(6-1-11(18,2-6)4-13)10-8(7)9(14)15-5-16-10/h3,5-6,18H,1-2,4,13H2,(H2,14,15,16). The third kappa shape index (κ3) is 1.69. The number of hydrogen-bond acceptors (Lipinski definition) is 5. The number of nitrogen functional groups attached to an aromatic ring is 1. The third-order valence-electron chi connectivity index (χ3n) is 3.60. The molecule has 3 rings (SSSR count). The Morgan fingerprint density at radius 1 is 1.50 bits per heavy atom. The highest BCUT2D eigenvalue weighted by molar-refractivity contribution is 14.1. The zero-order valence-electron chi connectivity index (χ0n) is 9.67. The van der Waals surface area contributed by atoms with Crippen LogP contribution in [0.5, 0.6) is 0 Å². The van der Waals surface area contributed by atoms with Crippen LogP contribution in [0.25, 0.3) is 11.0 Å². The average Bonchev–Trinajstić information content (AvgIpc) is 2.64. The Morgan fingerprint density at radius 2 is 2.22 bits per heavy atom. The van der Waals surface area contributed by atoms with Crippen LogP contribution in [0, 0.1) is 3.57 Å². The summed E-state index contributed by atoms with van der Waals surface area (Å²) in [6.45, 7) is 0.302. The van der Waals surface area contributed by atoms with E-state index in [1.165, 1.54) is 6.33 Å². The summed E-state index contributed by atoms with van der Waals surface area (Å²) in [4.78, 5) is 8.30. The fraction of sp³-hybridized carbons (Fsp3) is 0.455. The van der Waals surface area contributed by atoms with E-state index in [4.69, 9.17) is 11.5 Å². The Morgan fingerprint density at radius 3 is 2.89 bits per heavy atom. The number of hydrogen-bond donors (Lipinski definition) is 3. The predicted octanol–water partition coefficient (Wildman–Crippen LogP) is 0.643. The molecule has 0 radical (unpaired) electrons. The van der Waals surface area contributed by atoms with Crippen LogP contribution in [-0.4, -0.2) is 31.8 Å². The fourth-order valence-corrected chi connectivity index (χ4v) is 3.34. The molecule has 2 aromatic rings. The van der Waals surface area contributed by atoms with E-state index in [0.29, 0.717) is 25.2 Å². The van der Waals surface area contributed by atoms with Gasteiger partial charge in [-0.05, 0) is 35.4 Å². The van der Waals surface area contributed by atoms with Crippen molar-refractivity contribution < 1.29 is 5.11 Å². The molecule has 0 amide bonds. The second kappa shape index (κ2) is 4.04. The van der Waals surface area contributed by atoms with Crippen LogP contribution in [0.3, 0.4) is 0 Å². The molecule has 6 nitrogen and oxygen atoms in total. The molecule has 1 fully saturated rings. The summed E-state index contributed by atoms with van der Waals surface area (Å²) in [5, 5.41) is 10.9. The SMILES string of the molecule is NCC1(O)CC(n2cc(I)c3c(N)ncnc32)C1. The van der Waals surface area contributed by atoms with Crippen molar-refractivity contribution >= 4 is 39.4 Å². The van der Waals surface area contributed by atoms with Gasteiger partial charge in [0.2, 0.25) is 0 Å². The van der Waals surface area contributed by atoms with Gasteiger partial charge in [-0.1, -0.05) is 0 Å². The van der Waals surface area contributed by atoms with Crippen molar-refractivity contribution in [1.82, 2.24) is 14.5 Å². The van der Waals surface area contributed by atoms with Crippen LogP contribution in [0.1, 0.15) is 18.9 Å². The van der Waals surface area contributed by atoms with Crippen LogP contribution < -0.4 is 11.5 Å². The van der Waals surface area contributed by atoms with Gasteiger partial charge in [-0.25, -0.2) is 9.97 Å². The Balaban J connectivity index is 2.02. The summed E-state index contributed by atoms with van der Waals surface area (Å²) in [6.07, 6.45) is 4.80. The van der Waals surface area contributed by atoms with E-state index >= 15 is 0 Å². The summed E-state index contributed by atoms with van der Waals surface area (Å²) in [5.74, 6) is 0.497. The molecule has 7 heteroatoms. The quantitative estimate of drug-likeness (QED) is 0.683. The van der Waals surface area contributed by atoms with Gasteiger partial charge in [-0.2, -0.15) is 0 Å². The average molecular weight is 359 g/mol. The first kappa shape index (κ1) is 12.1. The first-order chi connectivity index (χ1) is 8.54. The van der Waals surface area contributed by atoms with Crippen molar-refractivity contribution in [3.63, 3.8) is 0 Å². The predicted molar refractivity (Wildman–Crippen MR) is 76.9 cm³/mol. The minimum absolute atomic E-state index is 0.235. The first-order valence-corrected chi connectivity index (χ1v) is 6.81. The number of anilines is 1. The van der Waals surface area contributed by atoms with Crippen molar-refractivity contribution in [3.8, 4) is 0 Å². The molecule has 0 atom stereocenters. The smallest absolute Gasteiger partial charge is 0.146 e. The number of nitrogens with two attached hydrogens (primary N) is 2. The highest BCUT2D eigenvalue weighted by Gasteiger charge is 2.43. The maximum atomic E-state index is 9.99. The van der Waals surface area contributed by atoms with Crippen molar-refractivity contribution in [1.29, 1.82) is 0 Å². The molecule has 96 valence electrons. The molecule has 5 N–H and O–H groups in total. The Kier molecular flexibility index (Phi) is 2.72. The Bertz CT molecular complexity index is 605. The molecule has 0 saturated heterocycles. The van der Waals surface area contributed by atoms with Crippen molar-refractivity contribution in [2.75, 3.05) is 12.3 Å². The van der Waals surface area contributed by atoms with Gasteiger partial charge in [-0.15, -0.1) is 0 Å². The van der Waals surface area contributed by atoms with E-state index in [1.807, 2.05) is 6.20 Å². The molecule has 1 aliphatic rings. The monoisotopic (exact) mass is 359 g/mol. The number of nitrogens with zero attached hydrogens (tertiary/aromatic N) is 3. The Hall–Kier alpha value is -0.930. The summed E-state index contributed by atoms with van der Waals surface area (Å²) in [7, 11) is 0. The highest BCUT2D eigenvalue weighted by atomic mass is 127. The summed E-state index contributed by atoms with van der Waals surface area (Å²) < 4.78 is 3.10. The topological polar surface area (TPSA) is 103 Å². The molecule has 0 spiro atoms. The van der Waals surface area contributed by atoms with Gasteiger partial charge >= 0.3 is 0 Å². The number of rotatable bonds is 2. The zero-order chi connectivity index (χ0) is 12.9. The van der Waals surface area contributed by atoms with Gasteiger partial charge in [0.05, 0.1) is 11.0 Å². The van der Waals surface area contributed by atoms with Gasteiger partial charge < -0.3 is 21.1 Å². The summed E-state index contributed by atoms with van der Waals surface area (Å²) in [5.41, 5.74) is 11.5. The van der Waals surface area contributed by atoms with Crippen molar-refractivity contribution in [2.24, 2.45) is 5.73 Å². The molecule has 0 bridgehead atoms. The zero-order valence-corrected chi connectivity index (χ0v) is 11.8. The lowest BCUT2D eigenvalue weighted by Gasteiger charge is -2.43. The van der Waals surface area contributed by atoms with Crippen LogP contribution >= 0.6 is 22.6 Å². The minimum atomic E-state index is -0.717. The van der Waals surface area contributed by atoms with Crippen LogP contribution in [0.2, 0.25) is 0 Å². The normalized spacial score (nSPS) is 27.4. The molecule has 1 saturated carbocycles. The van der Waals surface area contributed by atoms with Gasteiger partial charge in [0, 0.05) is 22.4 Å². The number of aliphatic hydroxyl groups is 1. The maximum absolute atomic E-state index is 9.99.